The number of hydrogen-bond donors (Lipinski definition) is 0. The highest BCUT2D eigenvalue weighted by Crippen LogP contribution is 2.19. The molecule has 0 bridgehead atoms. The highest BCUT2D eigenvalue weighted by Gasteiger charge is 2.11. The Labute approximate surface area is 103 Å². The first-order chi connectivity index (χ1) is 8.16. The zero-order valence-corrected chi connectivity index (χ0v) is 9.99. The van der Waals surface area contributed by atoms with Crippen molar-refractivity contribution < 1.29 is 14.3 Å². The molecule has 0 unspecified atom stereocenters. The predicted octanol–water partition coefficient (Wildman–Crippen LogP) is 2.90. The van der Waals surface area contributed by atoms with E-state index in [9.17, 15) is 9.59 Å². The van der Waals surface area contributed by atoms with Crippen LogP contribution in [0.3, 0.4) is 0 Å². The topological polar surface area (TPSA) is 43.4 Å². The number of hydrogen-bond acceptors (Lipinski definition) is 4. The van der Waals surface area contributed by atoms with Gasteiger partial charge >= 0.3 is 5.97 Å². The summed E-state index contributed by atoms with van der Waals surface area (Å²) in [6.07, 6.45) is 0. The molecule has 1 aromatic heterocycles. The first-order valence-electron chi connectivity index (χ1n) is 5.03. The van der Waals surface area contributed by atoms with Gasteiger partial charge in [0.15, 0.2) is 0 Å². The van der Waals surface area contributed by atoms with Gasteiger partial charge in [-0.15, -0.1) is 11.3 Å². The summed E-state index contributed by atoms with van der Waals surface area (Å²) in [5, 5.41) is 1.85. The maximum absolute atomic E-state index is 12.0. The molecule has 0 aliphatic heterocycles. The Hall–Kier alpha value is -1.94. The van der Waals surface area contributed by atoms with Crippen LogP contribution in [-0.2, 0) is 4.79 Å². The molecular weight excluding hydrogens is 236 g/mol. The van der Waals surface area contributed by atoms with Gasteiger partial charge in [-0.25, -0.2) is 0 Å². The van der Waals surface area contributed by atoms with Gasteiger partial charge in [-0.2, -0.15) is 0 Å². The van der Waals surface area contributed by atoms with Crippen molar-refractivity contribution in [1.29, 1.82) is 0 Å². The molecule has 0 saturated carbocycles. The van der Waals surface area contributed by atoms with Crippen LogP contribution in [0.2, 0.25) is 0 Å². The zero-order valence-electron chi connectivity index (χ0n) is 9.17. The Bertz CT molecular complexity index is 544. The molecule has 2 aromatic rings. The quantitative estimate of drug-likeness (QED) is 0.475. The van der Waals surface area contributed by atoms with Gasteiger partial charge in [0.25, 0.3) is 0 Å². The first kappa shape index (κ1) is 11.5. The third-order valence-electron chi connectivity index (χ3n) is 2.10. The first-order valence-corrected chi connectivity index (χ1v) is 5.91. The fourth-order valence-electron chi connectivity index (χ4n) is 1.42. The molecule has 0 aliphatic rings. The Morgan fingerprint density at radius 1 is 1.18 bits per heavy atom. The maximum Gasteiger partial charge on any atom is 0.308 e. The van der Waals surface area contributed by atoms with Gasteiger partial charge < -0.3 is 4.74 Å². The smallest absolute Gasteiger partial charge is 0.308 e. The molecule has 0 saturated heterocycles. The highest BCUT2D eigenvalue weighted by atomic mass is 32.1. The molecule has 1 heterocycles. The largest absolute Gasteiger partial charge is 0.427 e. The maximum atomic E-state index is 12.0. The average Bonchev–Trinajstić information content (AvgIpc) is 2.81. The van der Waals surface area contributed by atoms with Crippen molar-refractivity contribution in [3.05, 3.63) is 52.2 Å². The molecule has 0 spiro atoms. The monoisotopic (exact) mass is 246 g/mol. The SMILES string of the molecule is CC(=O)Oc1cccc(C(=O)c2cccs2)c1. The molecule has 3 nitrogen and oxygen atoms in total. The van der Waals surface area contributed by atoms with Crippen LogP contribution in [-0.4, -0.2) is 11.8 Å². The number of thiophene rings is 1. The summed E-state index contributed by atoms with van der Waals surface area (Å²) in [5.74, 6) is -0.0698. The molecular formula is C13H10O3S. The van der Waals surface area contributed by atoms with E-state index in [0.29, 0.717) is 16.2 Å². The van der Waals surface area contributed by atoms with E-state index in [2.05, 4.69) is 0 Å². The number of rotatable bonds is 3. The molecule has 0 aliphatic carbocycles. The second kappa shape index (κ2) is 4.93. The van der Waals surface area contributed by atoms with Crippen LogP contribution in [0.5, 0.6) is 5.75 Å². The minimum absolute atomic E-state index is 0.0611. The molecule has 0 radical (unpaired) electrons. The van der Waals surface area contributed by atoms with E-state index in [-0.39, 0.29) is 5.78 Å². The average molecular weight is 246 g/mol. The van der Waals surface area contributed by atoms with Gasteiger partial charge in [-0.05, 0) is 23.6 Å². The summed E-state index contributed by atoms with van der Waals surface area (Å²) in [4.78, 5) is 23.5. The molecule has 1 aromatic carbocycles. The van der Waals surface area contributed by atoms with Crippen LogP contribution >= 0.6 is 11.3 Å². The third kappa shape index (κ3) is 2.79. The van der Waals surface area contributed by atoms with Crippen molar-refractivity contribution in [3.8, 4) is 5.75 Å². The molecule has 0 atom stereocenters. The van der Waals surface area contributed by atoms with Gasteiger partial charge in [0.05, 0.1) is 4.88 Å². The lowest BCUT2D eigenvalue weighted by Gasteiger charge is -2.03. The molecule has 17 heavy (non-hydrogen) atoms. The fraction of sp³-hybridized carbons (Fsp3) is 0.0769. The lowest BCUT2D eigenvalue weighted by atomic mass is 10.1. The Morgan fingerprint density at radius 3 is 2.65 bits per heavy atom. The van der Waals surface area contributed by atoms with E-state index in [1.165, 1.54) is 18.3 Å². The van der Waals surface area contributed by atoms with Crippen LogP contribution in [0.1, 0.15) is 22.2 Å². The molecule has 0 amide bonds. The van der Waals surface area contributed by atoms with Crippen molar-refractivity contribution in [2.24, 2.45) is 0 Å². The molecule has 4 heteroatoms. The van der Waals surface area contributed by atoms with E-state index < -0.39 is 5.97 Å². The van der Waals surface area contributed by atoms with E-state index in [1.807, 2.05) is 11.4 Å². The molecule has 2 rings (SSSR count). The highest BCUT2D eigenvalue weighted by molar-refractivity contribution is 7.12. The summed E-state index contributed by atoms with van der Waals surface area (Å²) in [6.45, 7) is 1.33. The summed E-state index contributed by atoms with van der Waals surface area (Å²) >= 11 is 1.39. The van der Waals surface area contributed by atoms with Gasteiger partial charge in [0.2, 0.25) is 5.78 Å². The van der Waals surface area contributed by atoms with Crippen LogP contribution < -0.4 is 4.74 Å². The van der Waals surface area contributed by atoms with Crippen molar-refractivity contribution in [3.63, 3.8) is 0 Å². The van der Waals surface area contributed by atoms with Gasteiger partial charge in [0, 0.05) is 12.5 Å². The molecule has 86 valence electrons. The number of benzene rings is 1. The summed E-state index contributed by atoms with van der Waals surface area (Å²) in [7, 11) is 0. The fourth-order valence-corrected chi connectivity index (χ4v) is 2.10. The molecule has 0 N–H and O–H groups in total. The number of carbonyl (C=O) groups is 2. The van der Waals surface area contributed by atoms with Crippen LogP contribution in [0.15, 0.2) is 41.8 Å². The normalized spacial score (nSPS) is 9.94. The van der Waals surface area contributed by atoms with E-state index >= 15 is 0 Å². The standard InChI is InChI=1S/C13H10O3S/c1-9(14)16-11-5-2-4-10(8-11)13(15)12-6-3-7-17-12/h2-8H,1H3. The predicted molar refractivity (Wildman–Crippen MR) is 65.5 cm³/mol. The van der Waals surface area contributed by atoms with Crippen LogP contribution in [0.4, 0.5) is 0 Å². The number of ether oxygens (including phenoxy) is 1. The summed E-state index contributed by atoms with van der Waals surface area (Å²) in [5.41, 5.74) is 0.520. The third-order valence-corrected chi connectivity index (χ3v) is 2.97. The summed E-state index contributed by atoms with van der Waals surface area (Å²) < 4.78 is 4.93. The minimum atomic E-state index is -0.397. The lowest BCUT2D eigenvalue weighted by Crippen LogP contribution is -2.03. The second-order valence-electron chi connectivity index (χ2n) is 3.43. The van der Waals surface area contributed by atoms with Crippen LogP contribution in [0.25, 0.3) is 0 Å². The molecule has 0 fully saturated rings. The van der Waals surface area contributed by atoms with E-state index in [4.69, 9.17) is 4.74 Å². The Kier molecular flexibility index (Phi) is 3.35. The van der Waals surface area contributed by atoms with Crippen molar-refractivity contribution >= 4 is 23.1 Å². The van der Waals surface area contributed by atoms with Crippen molar-refractivity contribution in [1.82, 2.24) is 0 Å². The van der Waals surface area contributed by atoms with Crippen LogP contribution in [0, 0.1) is 0 Å². The summed E-state index contributed by atoms with van der Waals surface area (Å²) in [6, 6.07) is 10.2. The zero-order chi connectivity index (χ0) is 12.3. The van der Waals surface area contributed by atoms with Gasteiger partial charge in [-0.1, -0.05) is 18.2 Å². The van der Waals surface area contributed by atoms with Gasteiger partial charge in [-0.3, -0.25) is 9.59 Å². The van der Waals surface area contributed by atoms with Gasteiger partial charge in [0.1, 0.15) is 5.75 Å². The minimum Gasteiger partial charge on any atom is -0.427 e. The number of esters is 1. The number of ketones is 1. The van der Waals surface area contributed by atoms with E-state index in [1.54, 1.807) is 30.3 Å². The van der Waals surface area contributed by atoms with E-state index in [0.717, 1.165) is 0 Å². The van der Waals surface area contributed by atoms with Crippen molar-refractivity contribution in [2.45, 2.75) is 6.92 Å². The second-order valence-corrected chi connectivity index (χ2v) is 4.38. The Balaban J connectivity index is 2.27. The Morgan fingerprint density at radius 2 is 2.00 bits per heavy atom. The lowest BCUT2D eigenvalue weighted by molar-refractivity contribution is -0.131. The number of carbonyl (C=O) groups excluding carboxylic acids is 2. The van der Waals surface area contributed by atoms with Crippen molar-refractivity contribution in [2.75, 3.05) is 0 Å².